The van der Waals surface area contributed by atoms with Gasteiger partial charge in [-0.1, -0.05) is 6.92 Å². The van der Waals surface area contributed by atoms with Gasteiger partial charge in [0.05, 0.1) is 24.0 Å². The second kappa shape index (κ2) is 5.38. The Labute approximate surface area is 132 Å². The third-order valence-electron chi connectivity index (χ3n) is 3.10. The average Bonchev–Trinajstić information content (AvgIpc) is 2.97. The molecule has 0 bridgehead atoms. The van der Waals surface area contributed by atoms with Crippen molar-refractivity contribution >= 4 is 48.8 Å². The minimum absolute atomic E-state index is 0.0230. The molecule has 0 saturated carbocycles. The van der Waals surface area contributed by atoms with Gasteiger partial charge in [-0.2, -0.15) is 0 Å². The second-order valence-electron chi connectivity index (χ2n) is 4.44. The highest BCUT2D eigenvalue weighted by atomic mass is 79.9. The molecule has 4 nitrogen and oxygen atoms in total. The van der Waals surface area contributed by atoms with Gasteiger partial charge in [-0.05, 0) is 35.3 Å². The molecule has 0 aromatic carbocycles. The van der Waals surface area contributed by atoms with Crippen molar-refractivity contribution in [2.24, 2.45) is 0 Å². The summed E-state index contributed by atoms with van der Waals surface area (Å²) in [6, 6.07) is 1.96. The van der Waals surface area contributed by atoms with Crippen LogP contribution in [0.4, 0.5) is 0 Å². The molecule has 0 N–H and O–H groups in total. The minimum atomic E-state index is 0.0230. The third kappa shape index (κ3) is 2.45. The zero-order valence-electron chi connectivity index (χ0n) is 11.0. The predicted octanol–water partition coefficient (Wildman–Crippen LogP) is 3.60. The first-order valence-corrected chi connectivity index (χ1v) is 8.60. The highest BCUT2D eigenvalue weighted by Gasteiger charge is 2.11. The van der Waals surface area contributed by atoms with Gasteiger partial charge in [0.15, 0.2) is 3.92 Å². The Kier molecular flexibility index (Phi) is 3.74. The van der Waals surface area contributed by atoms with Gasteiger partial charge < -0.3 is 0 Å². The molecule has 3 aromatic heterocycles. The van der Waals surface area contributed by atoms with E-state index in [9.17, 15) is 4.79 Å². The van der Waals surface area contributed by atoms with Crippen LogP contribution in [-0.4, -0.2) is 14.5 Å². The summed E-state index contributed by atoms with van der Waals surface area (Å²) in [5.41, 5.74) is 0.975. The quantitative estimate of drug-likeness (QED) is 0.708. The number of nitrogens with zero attached hydrogens (tertiary/aromatic N) is 3. The third-order valence-corrected chi connectivity index (χ3v) is 5.88. The summed E-state index contributed by atoms with van der Waals surface area (Å²) in [6.45, 7) is 4.56. The highest BCUT2D eigenvalue weighted by Crippen LogP contribution is 2.24. The van der Waals surface area contributed by atoms with Crippen molar-refractivity contribution < 1.29 is 0 Å². The molecule has 3 rings (SSSR count). The van der Waals surface area contributed by atoms with E-state index in [-0.39, 0.29) is 5.56 Å². The fourth-order valence-electron chi connectivity index (χ4n) is 1.99. The van der Waals surface area contributed by atoms with Gasteiger partial charge in [0.25, 0.3) is 5.56 Å². The van der Waals surface area contributed by atoms with Crippen LogP contribution in [0.3, 0.4) is 0 Å². The molecule has 3 heterocycles. The molecule has 7 heteroatoms. The maximum absolute atomic E-state index is 12.5. The number of aryl methyl sites for hydroxylation is 2. The smallest absolute Gasteiger partial charge is 0.262 e. The normalized spacial score (nSPS) is 11.3. The molecule has 0 aliphatic carbocycles. The summed E-state index contributed by atoms with van der Waals surface area (Å²) in [5.74, 6) is 0. The molecule has 0 aliphatic rings. The molecule has 0 saturated heterocycles. The summed E-state index contributed by atoms with van der Waals surface area (Å²) >= 11 is 6.52. The molecule has 0 radical (unpaired) electrons. The standard InChI is InChI=1S/C13H12BrN3OS2/c1-3-8-4-9-11(19-8)15-6-17(12(9)18)5-10-7(2)16-13(14)20-10/h4,6H,3,5H2,1-2H3. The number of thiophene rings is 1. The van der Waals surface area contributed by atoms with Crippen LogP contribution in [0.1, 0.15) is 22.4 Å². The largest absolute Gasteiger partial charge is 0.293 e. The van der Waals surface area contributed by atoms with E-state index in [1.54, 1.807) is 33.6 Å². The molecule has 0 unspecified atom stereocenters. The molecule has 3 aromatic rings. The van der Waals surface area contributed by atoms with Crippen molar-refractivity contribution in [1.82, 2.24) is 14.5 Å². The Morgan fingerprint density at radius 2 is 2.20 bits per heavy atom. The van der Waals surface area contributed by atoms with E-state index in [4.69, 9.17) is 0 Å². The van der Waals surface area contributed by atoms with Gasteiger partial charge in [-0.3, -0.25) is 9.36 Å². The number of fused-ring (bicyclic) bond motifs is 1. The van der Waals surface area contributed by atoms with E-state index in [0.717, 1.165) is 31.1 Å². The fraction of sp³-hybridized carbons (Fsp3) is 0.308. The van der Waals surface area contributed by atoms with Crippen molar-refractivity contribution in [1.29, 1.82) is 0 Å². The number of hydrogen-bond donors (Lipinski definition) is 0. The van der Waals surface area contributed by atoms with Crippen LogP contribution in [0, 0.1) is 6.92 Å². The van der Waals surface area contributed by atoms with E-state index >= 15 is 0 Å². The topological polar surface area (TPSA) is 47.8 Å². The summed E-state index contributed by atoms with van der Waals surface area (Å²) in [7, 11) is 0. The molecular weight excluding hydrogens is 358 g/mol. The number of aromatic nitrogens is 3. The van der Waals surface area contributed by atoms with Crippen molar-refractivity contribution in [3.05, 3.63) is 42.1 Å². The Morgan fingerprint density at radius 1 is 1.40 bits per heavy atom. The van der Waals surface area contributed by atoms with Crippen LogP contribution in [0.2, 0.25) is 0 Å². The number of halogens is 1. The van der Waals surface area contributed by atoms with Crippen LogP contribution < -0.4 is 5.56 Å². The van der Waals surface area contributed by atoms with E-state index in [1.165, 1.54) is 4.88 Å². The Morgan fingerprint density at radius 3 is 2.85 bits per heavy atom. The first-order valence-electron chi connectivity index (χ1n) is 6.18. The van der Waals surface area contributed by atoms with Crippen molar-refractivity contribution in [2.45, 2.75) is 26.8 Å². The molecule has 0 amide bonds. The molecule has 104 valence electrons. The summed E-state index contributed by atoms with van der Waals surface area (Å²) in [5, 5.41) is 0.718. The maximum atomic E-state index is 12.5. The predicted molar refractivity (Wildman–Crippen MR) is 86.9 cm³/mol. The second-order valence-corrected chi connectivity index (χ2v) is 7.91. The molecule has 20 heavy (non-hydrogen) atoms. The van der Waals surface area contributed by atoms with E-state index in [1.807, 2.05) is 13.0 Å². The van der Waals surface area contributed by atoms with Gasteiger partial charge in [-0.25, -0.2) is 9.97 Å². The van der Waals surface area contributed by atoms with Crippen LogP contribution >= 0.6 is 38.6 Å². The van der Waals surface area contributed by atoms with Crippen LogP contribution in [0.15, 0.2) is 21.1 Å². The zero-order chi connectivity index (χ0) is 14.3. The number of thiazole rings is 1. The van der Waals surface area contributed by atoms with Crippen LogP contribution in [0.25, 0.3) is 10.2 Å². The SMILES string of the molecule is CCc1cc2c(=O)n(Cc3sc(Br)nc3C)cnc2s1. The average molecular weight is 370 g/mol. The van der Waals surface area contributed by atoms with Crippen LogP contribution in [-0.2, 0) is 13.0 Å². The number of rotatable bonds is 3. The molecule has 0 aliphatic heterocycles. The number of hydrogen-bond acceptors (Lipinski definition) is 5. The summed E-state index contributed by atoms with van der Waals surface area (Å²) in [4.78, 5) is 24.3. The van der Waals surface area contributed by atoms with Gasteiger partial charge in [0.1, 0.15) is 4.83 Å². The van der Waals surface area contributed by atoms with Gasteiger partial charge in [0.2, 0.25) is 0 Å². The van der Waals surface area contributed by atoms with E-state index in [0.29, 0.717) is 6.54 Å². The lowest BCUT2D eigenvalue weighted by atomic mass is 10.3. The molecule has 0 atom stereocenters. The molecule has 0 spiro atoms. The van der Waals surface area contributed by atoms with Crippen molar-refractivity contribution in [2.75, 3.05) is 0 Å². The maximum Gasteiger partial charge on any atom is 0.262 e. The van der Waals surface area contributed by atoms with Gasteiger partial charge >= 0.3 is 0 Å². The van der Waals surface area contributed by atoms with E-state index < -0.39 is 0 Å². The fourth-order valence-corrected chi connectivity index (χ4v) is 4.55. The highest BCUT2D eigenvalue weighted by molar-refractivity contribution is 9.11. The first kappa shape index (κ1) is 13.9. The lowest BCUT2D eigenvalue weighted by Crippen LogP contribution is -2.20. The monoisotopic (exact) mass is 369 g/mol. The first-order chi connectivity index (χ1) is 9.58. The van der Waals surface area contributed by atoms with E-state index in [2.05, 4.69) is 32.8 Å². The van der Waals surface area contributed by atoms with Gasteiger partial charge in [0, 0.05) is 9.75 Å². The lowest BCUT2D eigenvalue weighted by molar-refractivity contribution is 0.753. The zero-order valence-corrected chi connectivity index (χ0v) is 14.2. The Hall–Kier alpha value is -1.05. The van der Waals surface area contributed by atoms with Crippen LogP contribution in [0.5, 0.6) is 0 Å². The lowest BCUT2D eigenvalue weighted by Gasteiger charge is -2.03. The van der Waals surface area contributed by atoms with Crippen molar-refractivity contribution in [3.63, 3.8) is 0 Å². The molecular formula is C13H12BrN3OS2. The summed E-state index contributed by atoms with van der Waals surface area (Å²) in [6.07, 6.45) is 2.56. The van der Waals surface area contributed by atoms with Gasteiger partial charge in [-0.15, -0.1) is 22.7 Å². The Balaban J connectivity index is 2.06. The summed E-state index contributed by atoms with van der Waals surface area (Å²) < 4.78 is 2.50. The Bertz CT molecular complexity index is 834. The molecule has 0 fully saturated rings. The minimum Gasteiger partial charge on any atom is -0.293 e. The van der Waals surface area contributed by atoms with Crippen molar-refractivity contribution in [3.8, 4) is 0 Å².